The summed E-state index contributed by atoms with van der Waals surface area (Å²) < 4.78 is 9.28. The Balaban J connectivity index is 1.50. The fraction of sp³-hybridized carbons (Fsp3) is 0.474. The molecule has 0 spiro atoms. The van der Waals surface area contributed by atoms with E-state index in [-0.39, 0.29) is 0 Å². The van der Waals surface area contributed by atoms with Crippen molar-refractivity contribution < 1.29 is 4.74 Å². The van der Waals surface area contributed by atoms with Gasteiger partial charge in [-0.1, -0.05) is 17.7 Å². The molecule has 7 nitrogen and oxygen atoms in total. The molecule has 0 aliphatic heterocycles. The molecule has 0 N–H and O–H groups in total. The van der Waals surface area contributed by atoms with Gasteiger partial charge in [0.15, 0.2) is 5.82 Å². The van der Waals surface area contributed by atoms with Crippen molar-refractivity contribution in [3.63, 3.8) is 0 Å². The van der Waals surface area contributed by atoms with Gasteiger partial charge in [0, 0.05) is 26.0 Å². The summed E-state index contributed by atoms with van der Waals surface area (Å²) in [5.74, 6) is 2.50. The summed E-state index contributed by atoms with van der Waals surface area (Å²) in [6.07, 6.45) is 7.54. The topological polar surface area (TPSA) is 70.7 Å². The van der Waals surface area contributed by atoms with Gasteiger partial charge in [-0.05, 0) is 37.8 Å². The van der Waals surface area contributed by atoms with Crippen LogP contribution in [0.1, 0.15) is 36.1 Å². The van der Waals surface area contributed by atoms with Crippen molar-refractivity contribution in [2.45, 2.75) is 38.6 Å². The first-order valence-corrected chi connectivity index (χ1v) is 9.08. The molecule has 1 fully saturated rings. The highest BCUT2D eigenvalue weighted by molar-refractivity contribution is 5.34. The quantitative estimate of drug-likeness (QED) is 0.653. The monoisotopic (exact) mass is 352 g/mol. The van der Waals surface area contributed by atoms with Crippen molar-refractivity contribution in [1.29, 1.82) is 0 Å². The number of hydrogen-bond acceptors (Lipinski definition) is 5. The van der Waals surface area contributed by atoms with E-state index < -0.39 is 0 Å². The molecule has 2 aromatic heterocycles. The lowest BCUT2D eigenvalue weighted by Crippen LogP contribution is -2.28. The normalized spacial score (nSPS) is 19.5. The summed E-state index contributed by atoms with van der Waals surface area (Å²) in [6, 6.07) is 8.95. The number of aryl methyl sites for hydroxylation is 1. The molecule has 1 aromatic carbocycles. The molecule has 1 aliphatic carbocycles. The van der Waals surface area contributed by atoms with E-state index in [0.717, 1.165) is 43.0 Å². The van der Waals surface area contributed by atoms with Crippen LogP contribution in [0.15, 0.2) is 36.9 Å². The highest BCUT2D eigenvalue weighted by atomic mass is 16.5. The zero-order chi connectivity index (χ0) is 17.9. The lowest BCUT2D eigenvalue weighted by atomic mass is 9.78. The van der Waals surface area contributed by atoms with Gasteiger partial charge in [-0.2, -0.15) is 5.10 Å². The Morgan fingerprint density at radius 1 is 1.12 bits per heavy atom. The van der Waals surface area contributed by atoms with Gasteiger partial charge < -0.3 is 9.30 Å². The number of hydrogen-bond donors (Lipinski definition) is 0. The number of aromatic nitrogens is 6. The third-order valence-electron chi connectivity index (χ3n) is 5.07. The maximum atomic E-state index is 5.18. The number of rotatable bonds is 7. The second kappa shape index (κ2) is 7.37. The molecule has 1 saturated carbocycles. The van der Waals surface area contributed by atoms with E-state index in [1.165, 1.54) is 5.56 Å². The van der Waals surface area contributed by atoms with Crippen molar-refractivity contribution in [3.8, 4) is 5.69 Å². The lowest BCUT2D eigenvalue weighted by Gasteiger charge is -2.35. The first kappa shape index (κ1) is 16.9. The van der Waals surface area contributed by atoms with Gasteiger partial charge in [0.25, 0.3) is 0 Å². The van der Waals surface area contributed by atoms with E-state index in [9.17, 15) is 0 Å². The van der Waals surface area contributed by atoms with Gasteiger partial charge >= 0.3 is 0 Å². The number of benzene rings is 1. The van der Waals surface area contributed by atoms with Crippen LogP contribution in [0.4, 0.5) is 0 Å². The van der Waals surface area contributed by atoms with Gasteiger partial charge in [0.1, 0.15) is 18.5 Å². The largest absolute Gasteiger partial charge is 0.384 e. The Kier molecular flexibility index (Phi) is 4.79. The van der Waals surface area contributed by atoms with Crippen LogP contribution >= 0.6 is 0 Å². The predicted octanol–water partition coefficient (Wildman–Crippen LogP) is 2.55. The summed E-state index contributed by atoms with van der Waals surface area (Å²) in [7, 11) is 1.71. The minimum Gasteiger partial charge on any atom is -0.384 e. The van der Waals surface area contributed by atoms with Gasteiger partial charge in [-0.25, -0.2) is 9.67 Å². The fourth-order valence-corrected chi connectivity index (χ4v) is 3.48. The predicted molar refractivity (Wildman–Crippen MR) is 97.2 cm³/mol. The van der Waals surface area contributed by atoms with Gasteiger partial charge in [0.2, 0.25) is 0 Å². The van der Waals surface area contributed by atoms with Crippen LogP contribution < -0.4 is 0 Å². The van der Waals surface area contributed by atoms with E-state index in [2.05, 4.69) is 46.0 Å². The maximum absolute atomic E-state index is 5.18. The van der Waals surface area contributed by atoms with E-state index in [1.54, 1.807) is 19.8 Å². The zero-order valence-corrected chi connectivity index (χ0v) is 15.2. The fourth-order valence-electron chi connectivity index (χ4n) is 3.48. The average Bonchev–Trinajstić information content (AvgIpc) is 3.26. The highest BCUT2D eigenvalue weighted by Crippen LogP contribution is 2.39. The first-order valence-electron chi connectivity index (χ1n) is 9.08. The minimum absolute atomic E-state index is 0.513. The summed E-state index contributed by atoms with van der Waals surface area (Å²) >= 11 is 0. The van der Waals surface area contributed by atoms with Crippen LogP contribution in [0.3, 0.4) is 0 Å². The van der Waals surface area contributed by atoms with Crippen molar-refractivity contribution in [2.24, 2.45) is 5.92 Å². The molecule has 2 heterocycles. The lowest BCUT2D eigenvalue weighted by molar-refractivity contribution is 0.193. The third-order valence-corrected chi connectivity index (χ3v) is 5.07. The molecular weight excluding hydrogens is 328 g/mol. The SMILES string of the molecule is COCCc1nc(CC2CC(n3cnnc3)C2)n(-c2ccc(C)cc2)n1. The standard InChI is InChI=1S/C19H24N6O/c1-14-3-5-16(6-4-14)25-19(22-18(23-25)7-8-26-2)11-15-9-17(10-15)24-12-20-21-13-24/h3-6,12-13,15,17H,7-11H2,1-2H3. The molecule has 0 bridgehead atoms. The molecule has 3 aromatic rings. The third kappa shape index (κ3) is 3.53. The van der Waals surface area contributed by atoms with Gasteiger partial charge in [-0.15, -0.1) is 10.2 Å². The molecule has 26 heavy (non-hydrogen) atoms. The highest BCUT2D eigenvalue weighted by Gasteiger charge is 2.32. The molecule has 4 rings (SSSR count). The Hall–Kier alpha value is -2.54. The van der Waals surface area contributed by atoms with E-state index in [4.69, 9.17) is 14.8 Å². The molecule has 0 saturated heterocycles. The number of ether oxygens (including phenoxy) is 1. The van der Waals surface area contributed by atoms with Crippen molar-refractivity contribution in [1.82, 2.24) is 29.5 Å². The first-order chi connectivity index (χ1) is 12.7. The van der Waals surface area contributed by atoms with Gasteiger partial charge in [0.05, 0.1) is 12.3 Å². The summed E-state index contributed by atoms with van der Waals surface area (Å²) in [4.78, 5) is 4.80. The maximum Gasteiger partial charge on any atom is 0.153 e. The van der Waals surface area contributed by atoms with E-state index >= 15 is 0 Å². The van der Waals surface area contributed by atoms with Crippen molar-refractivity contribution >= 4 is 0 Å². The molecule has 0 radical (unpaired) electrons. The number of methoxy groups -OCH3 is 1. The molecule has 7 heteroatoms. The second-order valence-electron chi connectivity index (χ2n) is 7.04. The summed E-state index contributed by atoms with van der Waals surface area (Å²) in [6.45, 7) is 2.73. The van der Waals surface area contributed by atoms with E-state index in [0.29, 0.717) is 18.6 Å². The Labute approximate surface area is 153 Å². The van der Waals surface area contributed by atoms with Crippen LogP contribution in [0.2, 0.25) is 0 Å². The molecule has 1 aliphatic rings. The van der Waals surface area contributed by atoms with Crippen LogP contribution in [-0.4, -0.2) is 43.2 Å². The van der Waals surface area contributed by atoms with Crippen molar-refractivity contribution in [2.75, 3.05) is 13.7 Å². The smallest absolute Gasteiger partial charge is 0.153 e. The Bertz CT molecular complexity index is 834. The van der Waals surface area contributed by atoms with Gasteiger partial charge in [-0.3, -0.25) is 0 Å². The van der Waals surface area contributed by atoms with Crippen LogP contribution in [0.5, 0.6) is 0 Å². The van der Waals surface area contributed by atoms with Crippen LogP contribution in [0, 0.1) is 12.8 Å². The average molecular weight is 352 g/mol. The molecule has 0 unspecified atom stereocenters. The van der Waals surface area contributed by atoms with Crippen LogP contribution in [-0.2, 0) is 17.6 Å². The molecule has 0 amide bonds. The van der Waals surface area contributed by atoms with Crippen LogP contribution in [0.25, 0.3) is 5.69 Å². The Morgan fingerprint density at radius 3 is 2.54 bits per heavy atom. The Morgan fingerprint density at radius 2 is 1.85 bits per heavy atom. The summed E-state index contributed by atoms with van der Waals surface area (Å²) in [5.41, 5.74) is 2.31. The van der Waals surface area contributed by atoms with E-state index in [1.807, 2.05) is 4.68 Å². The molecule has 0 atom stereocenters. The molecular formula is C19H24N6O. The van der Waals surface area contributed by atoms with Crippen molar-refractivity contribution in [3.05, 3.63) is 54.1 Å². The minimum atomic E-state index is 0.513. The second-order valence-corrected chi connectivity index (χ2v) is 7.04. The molecule has 136 valence electrons. The number of nitrogens with zero attached hydrogens (tertiary/aromatic N) is 6. The zero-order valence-electron chi connectivity index (χ0n) is 15.2. The summed E-state index contributed by atoms with van der Waals surface area (Å²) in [5, 5.41) is 12.5.